The van der Waals surface area contributed by atoms with E-state index >= 15 is 0 Å². The Morgan fingerprint density at radius 2 is 2.00 bits per heavy atom. The van der Waals surface area contributed by atoms with Crippen LogP contribution in [0.4, 0.5) is 10.5 Å². The largest absolute Gasteiger partial charge is 0.449 e. The highest BCUT2D eigenvalue weighted by Gasteiger charge is 2.46. The molecule has 1 heterocycles. The molecule has 1 aromatic rings. The Labute approximate surface area is 126 Å². The summed E-state index contributed by atoms with van der Waals surface area (Å²) in [6.45, 7) is 3.70. The van der Waals surface area contributed by atoms with E-state index in [0.717, 1.165) is 30.5 Å². The first-order chi connectivity index (χ1) is 10.1. The van der Waals surface area contributed by atoms with Crippen molar-refractivity contribution in [1.29, 1.82) is 0 Å². The Morgan fingerprint density at radius 3 is 2.57 bits per heavy atom. The number of carbonyl (C=O) groups is 1. The van der Waals surface area contributed by atoms with Gasteiger partial charge in [-0.1, -0.05) is 25.5 Å². The van der Waals surface area contributed by atoms with Gasteiger partial charge < -0.3 is 20.1 Å². The SMILES string of the molecule is CCCCOC(=O)N1CC(Cc2ccc(N)cc2)(OC)C1. The number of rotatable bonds is 6. The van der Waals surface area contributed by atoms with Gasteiger partial charge in [-0.2, -0.15) is 0 Å². The van der Waals surface area contributed by atoms with Crippen LogP contribution in [0.3, 0.4) is 0 Å². The summed E-state index contributed by atoms with van der Waals surface area (Å²) in [5.74, 6) is 0. The molecule has 1 fully saturated rings. The molecule has 1 aromatic carbocycles. The zero-order valence-electron chi connectivity index (χ0n) is 12.8. The molecular formula is C16H24N2O3. The number of methoxy groups -OCH3 is 1. The molecule has 0 bridgehead atoms. The fourth-order valence-electron chi connectivity index (χ4n) is 2.49. The van der Waals surface area contributed by atoms with Crippen molar-refractivity contribution < 1.29 is 14.3 Å². The average Bonchev–Trinajstić information content (AvgIpc) is 2.44. The summed E-state index contributed by atoms with van der Waals surface area (Å²) in [7, 11) is 1.69. The number of nitrogens with two attached hydrogens (primary N) is 1. The molecule has 0 unspecified atom stereocenters. The average molecular weight is 292 g/mol. The van der Waals surface area contributed by atoms with Crippen LogP contribution in [-0.4, -0.2) is 43.4 Å². The molecule has 0 atom stereocenters. The summed E-state index contributed by atoms with van der Waals surface area (Å²) in [6, 6.07) is 7.76. The first kappa shape index (κ1) is 15.6. The summed E-state index contributed by atoms with van der Waals surface area (Å²) < 4.78 is 10.8. The number of benzene rings is 1. The fourth-order valence-corrected chi connectivity index (χ4v) is 2.49. The smallest absolute Gasteiger partial charge is 0.409 e. The summed E-state index contributed by atoms with van der Waals surface area (Å²) >= 11 is 0. The second-order valence-electron chi connectivity index (χ2n) is 5.63. The van der Waals surface area contributed by atoms with Gasteiger partial charge in [0.1, 0.15) is 5.60 Å². The van der Waals surface area contributed by atoms with E-state index in [1.165, 1.54) is 0 Å². The van der Waals surface area contributed by atoms with Crippen molar-refractivity contribution in [3.63, 3.8) is 0 Å². The van der Waals surface area contributed by atoms with Crippen LogP contribution in [0.5, 0.6) is 0 Å². The number of nitrogen functional groups attached to an aromatic ring is 1. The zero-order chi connectivity index (χ0) is 15.3. The third-order valence-electron chi connectivity index (χ3n) is 3.88. The quantitative estimate of drug-likeness (QED) is 0.646. The molecule has 1 saturated heterocycles. The van der Waals surface area contributed by atoms with Gasteiger partial charge in [0.05, 0.1) is 19.7 Å². The van der Waals surface area contributed by atoms with Gasteiger partial charge in [0.25, 0.3) is 0 Å². The summed E-state index contributed by atoms with van der Waals surface area (Å²) in [5.41, 5.74) is 7.29. The number of carbonyl (C=O) groups excluding carboxylic acids is 1. The highest BCUT2D eigenvalue weighted by atomic mass is 16.6. The van der Waals surface area contributed by atoms with Gasteiger partial charge >= 0.3 is 6.09 Å². The molecule has 0 radical (unpaired) electrons. The third-order valence-corrected chi connectivity index (χ3v) is 3.88. The van der Waals surface area contributed by atoms with Gasteiger partial charge in [-0.15, -0.1) is 0 Å². The van der Waals surface area contributed by atoms with E-state index in [0.29, 0.717) is 19.7 Å². The first-order valence-electron chi connectivity index (χ1n) is 7.40. The van der Waals surface area contributed by atoms with Crippen LogP contribution in [0.2, 0.25) is 0 Å². The van der Waals surface area contributed by atoms with Crippen LogP contribution < -0.4 is 5.73 Å². The molecule has 1 aliphatic rings. The van der Waals surface area contributed by atoms with Gasteiger partial charge in [-0.3, -0.25) is 0 Å². The molecule has 1 aliphatic heterocycles. The lowest BCUT2D eigenvalue weighted by molar-refractivity contribution is -0.114. The lowest BCUT2D eigenvalue weighted by Crippen LogP contribution is -2.65. The normalized spacial score (nSPS) is 16.4. The topological polar surface area (TPSA) is 64.8 Å². The highest BCUT2D eigenvalue weighted by Crippen LogP contribution is 2.29. The van der Waals surface area contributed by atoms with Crippen molar-refractivity contribution in [2.24, 2.45) is 0 Å². The molecule has 1 amide bonds. The van der Waals surface area contributed by atoms with Crippen LogP contribution in [0.1, 0.15) is 25.3 Å². The number of anilines is 1. The highest BCUT2D eigenvalue weighted by molar-refractivity contribution is 5.69. The second kappa shape index (κ2) is 6.80. The van der Waals surface area contributed by atoms with E-state index in [2.05, 4.69) is 6.92 Å². The van der Waals surface area contributed by atoms with E-state index in [1.807, 2.05) is 24.3 Å². The number of nitrogens with zero attached hydrogens (tertiary/aromatic N) is 1. The van der Waals surface area contributed by atoms with E-state index in [9.17, 15) is 4.79 Å². The second-order valence-corrected chi connectivity index (χ2v) is 5.63. The van der Waals surface area contributed by atoms with Crippen LogP contribution in [0, 0.1) is 0 Å². The number of unbranched alkanes of at least 4 members (excludes halogenated alkanes) is 1. The molecule has 5 heteroatoms. The monoisotopic (exact) mass is 292 g/mol. The van der Waals surface area contributed by atoms with E-state index < -0.39 is 0 Å². The van der Waals surface area contributed by atoms with Crippen molar-refractivity contribution in [1.82, 2.24) is 4.90 Å². The predicted octanol–water partition coefficient (Wildman–Crippen LogP) is 2.45. The number of hydrogen-bond donors (Lipinski definition) is 1. The molecular weight excluding hydrogens is 268 g/mol. The molecule has 0 aromatic heterocycles. The third kappa shape index (κ3) is 3.88. The van der Waals surface area contributed by atoms with Gasteiger partial charge in [-0.05, 0) is 24.1 Å². The van der Waals surface area contributed by atoms with Gasteiger partial charge in [0, 0.05) is 19.2 Å². The first-order valence-corrected chi connectivity index (χ1v) is 7.40. The standard InChI is InChI=1S/C16H24N2O3/c1-3-4-9-21-15(19)18-11-16(12-18,20-2)10-13-5-7-14(17)8-6-13/h5-8H,3-4,9-12,17H2,1-2H3. The Kier molecular flexibility index (Phi) is 5.07. The maximum absolute atomic E-state index is 11.8. The van der Waals surface area contributed by atoms with Crippen LogP contribution in [0.15, 0.2) is 24.3 Å². The van der Waals surface area contributed by atoms with Gasteiger partial charge in [0.2, 0.25) is 0 Å². The lowest BCUT2D eigenvalue weighted by Gasteiger charge is -2.48. The van der Waals surface area contributed by atoms with Crippen molar-refractivity contribution in [2.75, 3.05) is 32.5 Å². The summed E-state index contributed by atoms with van der Waals surface area (Å²) in [4.78, 5) is 13.5. The predicted molar refractivity (Wildman–Crippen MR) is 82.1 cm³/mol. The number of likely N-dealkylation sites (tertiary alicyclic amines) is 1. The van der Waals surface area contributed by atoms with Gasteiger partial charge in [-0.25, -0.2) is 4.79 Å². The van der Waals surface area contributed by atoms with Crippen LogP contribution in [-0.2, 0) is 15.9 Å². The molecule has 5 nitrogen and oxygen atoms in total. The van der Waals surface area contributed by atoms with Crippen molar-refractivity contribution in [2.45, 2.75) is 31.8 Å². The lowest BCUT2D eigenvalue weighted by atomic mass is 9.87. The Bertz CT molecular complexity index is 467. The van der Waals surface area contributed by atoms with Crippen LogP contribution >= 0.6 is 0 Å². The Hall–Kier alpha value is -1.75. The molecule has 21 heavy (non-hydrogen) atoms. The molecule has 2 rings (SSSR count). The van der Waals surface area contributed by atoms with E-state index in [4.69, 9.17) is 15.2 Å². The van der Waals surface area contributed by atoms with Crippen molar-refractivity contribution >= 4 is 11.8 Å². The van der Waals surface area contributed by atoms with Gasteiger partial charge in [0.15, 0.2) is 0 Å². The molecule has 0 saturated carbocycles. The molecule has 116 valence electrons. The minimum Gasteiger partial charge on any atom is -0.449 e. The maximum atomic E-state index is 11.8. The zero-order valence-corrected chi connectivity index (χ0v) is 12.8. The van der Waals surface area contributed by atoms with Crippen molar-refractivity contribution in [3.8, 4) is 0 Å². The van der Waals surface area contributed by atoms with E-state index in [1.54, 1.807) is 12.0 Å². The minimum atomic E-state index is -0.306. The Morgan fingerprint density at radius 1 is 1.33 bits per heavy atom. The minimum absolute atomic E-state index is 0.242. The number of ether oxygens (including phenoxy) is 2. The molecule has 0 aliphatic carbocycles. The summed E-state index contributed by atoms with van der Waals surface area (Å²) in [5, 5.41) is 0. The van der Waals surface area contributed by atoms with Crippen molar-refractivity contribution in [3.05, 3.63) is 29.8 Å². The number of hydrogen-bond acceptors (Lipinski definition) is 4. The molecule has 2 N–H and O–H groups in total. The number of amides is 1. The fraction of sp³-hybridized carbons (Fsp3) is 0.562. The maximum Gasteiger partial charge on any atom is 0.409 e. The Balaban J connectivity index is 1.85. The molecule has 0 spiro atoms. The van der Waals surface area contributed by atoms with Crippen LogP contribution in [0.25, 0.3) is 0 Å². The summed E-state index contributed by atoms with van der Waals surface area (Å²) in [6.07, 6.45) is 2.45. The van der Waals surface area contributed by atoms with E-state index in [-0.39, 0.29) is 11.7 Å².